The predicted molar refractivity (Wildman–Crippen MR) is 94.4 cm³/mol. The van der Waals surface area contributed by atoms with E-state index in [1.54, 1.807) is 6.20 Å². The van der Waals surface area contributed by atoms with Crippen molar-refractivity contribution in [3.05, 3.63) is 67.0 Å². The predicted octanol–water partition coefficient (Wildman–Crippen LogP) is 4.89. The molecule has 6 rings (SSSR count). The van der Waals surface area contributed by atoms with E-state index in [-0.39, 0.29) is 0 Å². The third kappa shape index (κ3) is 1.34. The summed E-state index contributed by atoms with van der Waals surface area (Å²) in [5, 5.41) is 3.41. The van der Waals surface area contributed by atoms with E-state index in [0.29, 0.717) is 0 Å². The van der Waals surface area contributed by atoms with Gasteiger partial charge in [0.05, 0.1) is 16.6 Å². The van der Waals surface area contributed by atoms with Crippen molar-refractivity contribution >= 4 is 38.4 Å². The molecule has 0 radical (unpaired) electrons. The average Bonchev–Trinajstić information content (AvgIpc) is 3.29. The van der Waals surface area contributed by atoms with Crippen LogP contribution >= 0.6 is 0 Å². The molecule has 1 aromatic carbocycles. The van der Waals surface area contributed by atoms with E-state index in [9.17, 15) is 0 Å². The first-order valence-corrected chi connectivity index (χ1v) is 7.86. The van der Waals surface area contributed by atoms with Crippen LogP contribution in [-0.2, 0) is 0 Å². The second-order valence-corrected chi connectivity index (χ2v) is 5.95. The zero-order valence-corrected chi connectivity index (χ0v) is 12.6. The number of pyridine rings is 2. The lowest BCUT2D eigenvalue weighted by Gasteiger charge is -1.95. The summed E-state index contributed by atoms with van der Waals surface area (Å²) in [4.78, 5) is 9.00. The van der Waals surface area contributed by atoms with Crippen molar-refractivity contribution in [2.75, 3.05) is 0 Å². The van der Waals surface area contributed by atoms with Crippen molar-refractivity contribution in [2.45, 2.75) is 0 Å². The number of para-hydroxylation sites is 1. The summed E-state index contributed by atoms with van der Waals surface area (Å²) < 4.78 is 8.40. The number of benzene rings is 1. The maximum absolute atomic E-state index is 6.22. The van der Waals surface area contributed by atoms with Gasteiger partial charge in [0, 0.05) is 28.6 Å². The van der Waals surface area contributed by atoms with Gasteiger partial charge in [0.15, 0.2) is 5.76 Å². The second-order valence-electron chi connectivity index (χ2n) is 5.95. The fourth-order valence-corrected chi connectivity index (χ4v) is 3.67. The van der Waals surface area contributed by atoms with Crippen molar-refractivity contribution in [1.82, 2.24) is 14.4 Å². The first kappa shape index (κ1) is 12.1. The van der Waals surface area contributed by atoms with Gasteiger partial charge in [0.1, 0.15) is 5.69 Å². The summed E-state index contributed by atoms with van der Waals surface area (Å²) >= 11 is 0. The van der Waals surface area contributed by atoms with Gasteiger partial charge in [0.2, 0.25) is 5.71 Å². The highest BCUT2D eigenvalue weighted by Gasteiger charge is 2.21. The molecule has 4 heteroatoms. The number of hydrogen-bond donors (Lipinski definition) is 0. The fourth-order valence-electron chi connectivity index (χ4n) is 3.67. The van der Waals surface area contributed by atoms with E-state index in [2.05, 4.69) is 38.6 Å². The van der Waals surface area contributed by atoms with Gasteiger partial charge in [-0.3, -0.25) is 14.4 Å². The largest absolute Gasteiger partial charge is 0.437 e. The molecule has 0 atom stereocenters. The summed E-state index contributed by atoms with van der Waals surface area (Å²) in [7, 11) is 0. The van der Waals surface area contributed by atoms with E-state index in [4.69, 9.17) is 4.42 Å². The first-order chi connectivity index (χ1) is 11.9. The highest BCUT2D eigenvalue weighted by atomic mass is 16.3. The molecule has 4 nitrogen and oxygen atoms in total. The topological polar surface area (TPSA) is 43.3 Å². The number of nitrogens with zero attached hydrogens (tertiary/aromatic N) is 3. The Kier molecular flexibility index (Phi) is 2.07. The van der Waals surface area contributed by atoms with Crippen LogP contribution in [0, 0.1) is 0 Å². The van der Waals surface area contributed by atoms with Crippen molar-refractivity contribution in [1.29, 1.82) is 0 Å². The van der Waals surface area contributed by atoms with Crippen LogP contribution in [-0.4, -0.2) is 14.4 Å². The number of fused-ring (bicyclic) bond motifs is 6. The van der Waals surface area contributed by atoms with Gasteiger partial charge < -0.3 is 4.42 Å². The maximum atomic E-state index is 6.22. The molecule has 0 unspecified atom stereocenters. The van der Waals surface area contributed by atoms with Crippen molar-refractivity contribution in [2.24, 2.45) is 0 Å². The average molecular weight is 309 g/mol. The molecule has 0 saturated heterocycles. The molecule has 0 spiro atoms. The monoisotopic (exact) mass is 309 g/mol. The molecule has 0 aliphatic carbocycles. The zero-order chi connectivity index (χ0) is 15.7. The molecule has 0 aliphatic rings. The van der Waals surface area contributed by atoms with Crippen molar-refractivity contribution < 1.29 is 4.42 Å². The quantitative estimate of drug-likeness (QED) is 0.434. The molecule has 0 aliphatic heterocycles. The number of hydrogen-bond acceptors (Lipinski definition) is 3. The van der Waals surface area contributed by atoms with Crippen molar-refractivity contribution in [3.63, 3.8) is 0 Å². The third-order valence-electron chi connectivity index (χ3n) is 4.67. The molecule has 24 heavy (non-hydrogen) atoms. The van der Waals surface area contributed by atoms with E-state index in [1.807, 2.05) is 36.5 Å². The van der Waals surface area contributed by atoms with Crippen LogP contribution < -0.4 is 0 Å². The van der Waals surface area contributed by atoms with Gasteiger partial charge >= 0.3 is 0 Å². The van der Waals surface area contributed by atoms with Crippen LogP contribution in [0.15, 0.2) is 71.4 Å². The van der Waals surface area contributed by atoms with E-state index >= 15 is 0 Å². The standard InChI is InChI=1S/C20H11N3O/c1-2-7-16-13(5-1)18-19-12(8-10-22-18)14-11-17(24-20(14)23(16)19)15-6-3-4-9-21-15/h1-11H. The first-order valence-electron chi connectivity index (χ1n) is 7.86. The Morgan fingerprint density at radius 1 is 0.792 bits per heavy atom. The zero-order valence-electron chi connectivity index (χ0n) is 12.6. The minimum atomic E-state index is 0.786. The molecule has 0 bridgehead atoms. The van der Waals surface area contributed by atoms with Crippen LogP contribution in [0.1, 0.15) is 0 Å². The molecule has 6 aromatic rings. The molecular weight excluding hydrogens is 298 g/mol. The van der Waals surface area contributed by atoms with Gasteiger partial charge in [-0.2, -0.15) is 0 Å². The normalized spacial score (nSPS) is 12.2. The lowest BCUT2D eigenvalue weighted by Crippen LogP contribution is -1.80. The lowest BCUT2D eigenvalue weighted by molar-refractivity contribution is 0.613. The van der Waals surface area contributed by atoms with E-state index in [1.165, 1.54) is 0 Å². The van der Waals surface area contributed by atoms with Crippen molar-refractivity contribution in [3.8, 4) is 11.5 Å². The molecule has 0 amide bonds. The van der Waals surface area contributed by atoms with Gasteiger partial charge in [-0.05, 0) is 30.3 Å². The second kappa shape index (κ2) is 4.11. The number of aromatic nitrogens is 3. The van der Waals surface area contributed by atoms with E-state index < -0.39 is 0 Å². The Hall–Kier alpha value is -3.40. The fraction of sp³-hybridized carbons (Fsp3) is 0. The maximum Gasteiger partial charge on any atom is 0.213 e. The Morgan fingerprint density at radius 2 is 1.71 bits per heavy atom. The SMILES string of the molecule is c1ccc(-c2cc3c4ccnc5c6ccccc6n(c3o2)c45)nc1. The minimum Gasteiger partial charge on any atom is -0.437 e. The molecular formula is C20H11N3O. The molecule has 0 N–H and O–H groups in total. The molecule has 0 saturated carbocycles. The van der Waals surface area contributed by atoms with Crippen LogP contribution in [0.25, 0.3) is 49.9 Å². The van der Waals surface area contributed by atoms with Gasteiger partial charge in [-0.25, -0.2) is 0 Å². The highest BCUT2D eigenvalue weighted by molar-refractivity contribution is 6.21. The van der Waals surface area contributed by atoms with Gasteiger partial charge in [0.25, 0.3) is 0 Å². The summed E-state index contributed by atoms with van der Waals surface area (Å²) in [6, 6.07) is 18.3. The summed E-state index contributed by atoms with van der Waals surface area (Å²) in [5.41, 5.74) is 4.96. The summed E-state index contributed by atoms with van der Waals surface area (Å²) in [5.74, 6) is 0.786. The Morgan fingerprint density at radius 3 is 2.62 bits per heavy atom. The lowest BCUT2D eigenvalue weighted by atomic mass is 10.2. The summed E-state index contributed by atoms with van der Waals surface area (Å²) in [6.45, 7) is 0. The minimum absolute atomic E-state index is 0.786. The van der Waals surface area contributed by atoms with Crippen LogP contribution in [0.3, 0.4) is 0 Å². The summed E-state index contributed by atoms with van der Waals surface area (Å²) in [6.07, 6.45) is 3.65. The van der Waals surface area contributed by atoms with Crippen LogP contribution in [0.4, 0.5) is 0 Å². The molecule has 112 valence electrons. The Bertz CT molecular complexity index is 1350. The van der Waals surface area contributed by atoms with Crippen LogP contribution in [0.5, 0.6) is 0 Å². The highest BCUT2D eigenvalue weighted by Crippen LogP contribution is 2.40. The van der Waals surface area contributed by atoms with Gasteiger partial charge in [-0.15, -0.1) is 0 Å². The molecule has 5 aromatic heterocycles. The smallest absolute Gasteiger partial charge is 0.213 e. The van der Waals surface area contributed by atoms with E-state index in [0.717, 1.165) is 49.9 Å². The molecule has 5 heterocycles. The van der Waals surface area contributed by atoms with Crippen LogP contribution in [0.2, 0.25) is 0 Å². The Labute approximate surface area is 136 Å². The number of furan rings is 1. The molecule has 0 fully saturated rings. The third-order valence-corrected chi connectivity index (χ3v) is 4.67. The van der Waals surface area contributed by atoms with Gasteiger partial charge in [-0.1, -0.05) is 24.3 Å². The number of rotatable bonds is 1. The Balaban J connectivity index is 1.85.